The number of piperazine rings is 1. The Kier molecular flexibility index (Phi) is 3.64. The van der Waals surface area contributed by atoms with Gasteiger partial charge in [-0.15, -0.1) is 0 Å². The maximum atomic E-state index is 12.5. The summed E-state index contributed by atoms with van der Waals surface area (Å²) in [5, 5.41) is 2.84. The van der Waals surface area contributed by atoms with E-state index in [1.807, 2.05) is 4.90 Å². The predicted octanol–water partition coefficient (Wildman–Crippen LogP) is 1.69. The number of rotatable bonds is 3. The van der Waals surface area contributed by atoms with Crippen molar-refractivity contribution >= 4 is 11.8 Å². The van der Waals surface area contributed by atoms with Crippen molar-refractivity contribution in [3.8, 4) is 0 Å². The number of carbonyl (C=O) groups excluding carboxylic acids is 2. The molecule has 2 amide bonds. The van der Waals surface area contributed by atoms with Gasteiger partial charge in [0, 0.05) is 5.54 Å². The van der Waals surface area contributed by atoms with E-state index in [0.717, 1.165) is 32.1 Å². The number of nitrogens with zero attached hydrogens (tertiary/aromatic N) is 1. The molecule has 1 aliphatic heterocycles. The topological polar surface area (TPSA) is 49.4 Å². The number of carbonyl (C=O) groups is 2. The molecule has 1 unspecified atom stereocenters. The Morgan fingerprint density at radius 3 is 2.50 bits per heavy atom. The van der Waals surface area contributed by atoms with Gasteiger partial charge in [-0.1, -0.05) is 26.7 Å². The molecule has 2 rings (SSSR count). The first kappa shape index (κ1) is 13.4. The Balaban J connectivity index is 2.14. The van der Waals surface area contributed by atoms with Crippen LogP contribution in [-0.2, 0) is 9.59 Å². The molecule has 2 fully saturated rings. The summed E-state index contributed by atoms with van der Waals surface area (Å²) in [7, 11) is 0. The van der Waals surface area contributed by atoms with Crippen molar-refractivity contribution in [1.82, 2.24) is 10.2 Å². The van der Waals surface area contributed by atoms with Gasteiger partial charge in [-0.2, -0.15) is 0 Å². The van der Waals surface area contributed by atoms with Crippen molar-refractivity contribution in [3.63, 3.8) is 0 Å². The predicted molar refractivity (Wildman–Crippen MR) is 70.0 cm³/mol. The summed E-state index contributed by atoms with van der Waals surface area (Å²) in [6, 6.07) is -0.316. The summed E-state index contributed by atoms with van der Waals surface area (Å²) in [4.78, 5) is 26.2. The molecule has 0 radical (unpaired) electrons. The maximum Gasteiger partial charge on any atom is 0.246 e. The molecule has 0 spiro atoms. The van der Waals surface area contributed by atoms with E-state index in [4.69, 9.17) is 0 Å². The van der Waals surface area contributed by atoms with Crippen molar-refractivity contribution in [2.45, 2.75) is 64.5 Å². The van der Waals surface area contributed by atoms with Crippen LogP contribution in [0.3, 0.4) is 0 Å². The highest BCUT2D eigenvalue weighted by Crippen LogP contribution is 2.36. The first-order chi connectivity index (χ1) is 8.42. The van der Waals surface area contributed by atoms with Crippen molar-refractivity contribution in [3.05, 3.63) is 0 Å². The highest BCUT2D eigenvalue weighted by molar-refractivity contribution is 5.95. The summed E-state index contributed by atoms with van der Waals surface area (Å²) in [5.74, 6) is 0.525. The number of hydrogen-bond donors (Lipinski definition) is 1. The van der Waals surface area contributed by atoms with Crippen LogP contribution in [0.15, 0.2) is 0 Å². The van der Waals surface area contributed by atoms with E-state index < -0.39 is 0 Å². The van der Waals surface area contributed by atoms with Crippen LogP contribution in [0.5, 0.6) is 0 Å². The Bertz CT molecular complexity index is 346. The lowest BCUT2D eigenvalue weighted by Crippen LogP contribution is -2.63. The lowest BCUT2D eigenvalue weighted by Gasteiger charge is -2.43. The average molecular weight is 252 g/mol. The van der Waals surface area contributed by atoms with Gasteiger partial charge in [-0.05, 0) is 32.1 Å². The lowest BCUT2D eigenvalue weighted by molar-refractivity contribution is -0.150. The number of nitrogens with one attached hydrogen (secondary N) is 1. The molecule has 102 valence electrons. The molecule has 0 aromatic carbocycles. The minimum Gasteiger partial charge on any atom is -0.343 e. The molecule has 0 bridgehead atoms. The van der Waals surface area contributed by atoms with E-state index in [0.29, 0.717) is 5.92 Å². The number of hydrogen-bond acceptors (Lipinski definition) is 2. The van der Waals surface area contributed by atoms with Crippen LogP contribution in [0.1, 0.15) is 52.9 Å². The molecule has 1 aliphatic carbocycles. The van der Waals surface area contributed by atoms with E-state index in [-0.39, 0.29) is 29.9 Å². The van der Waals surface area contributed by atoms with Gasteiger partial charge in [0.25, 0.3) is 0 Å². The van der Waals surface area contributed by atoms with E-state index >= 15 is 0 Å². The first-order valence-electron chi connectivity index (χ1n) is 7.03. The van der Waals surface area contributed by atoms with E-state index in [1.165, 1.54) is 0 Å². The molecule has 1 saturated carbocycles. The maximum absolute atomic E-state index is 12.5. The smallest absolute Gasteiger partial charge is 0.246 e. The highest BCUT2D eigenvalue weighted by Gasteiger charge is 2.44. The quantitative estimate of drug-likeness (QED) is 0.831. The van der Waals surface area contributed by atoms with Gasteiger partial charge in [0.2, 0.25) is 11.8 Å². The molecule has 1 N–H and O–H groups in total. The molecule has 0 aromatic rings. The van der Waals surface area contributed by atoms with Crippen LogP contribution in [0.25, 0.3) is 0 Å². The SMILES string of the molecule is CC(C)CC1NC(=O)CN(C2(C)CCCC2)C1=O. The van der Waals surface area contributed by atoms with Gasteiger partial charge < -0.3 is 10.2 Å². The Hall–Kier alpha value is -1.06. The second-order valence-corrected chi connectivity index (χ2v) is 6.38. The van der Waals surface area contributed by atoms with Crippen molar-refractivity contribution < 1.29 is 9.59 Å². The normalized spacial score (nSPS) is 27.8. The van der Waals surface area contributed by atoms with Gasteiger partial charge in [0.05, 0.1) is 0 Å². The van der Waals surface area contributed by atoms with Gasteiger partial charge in [-0.3, -0.25) is 9.59 Å². The number of amides is 2. The Morgan fingerprint density at radius 1 is 1.33 bits per heavy atom. The third-order valence-corrected chi connectivity index (χ3v) is 4.24. The molecule has 18 heavy (non-hydrogen) atoms. The fraction of sp³-hybridized carbons (Fsp3) is 0.857. The van der Waals surface area contributed by atoms with Gasteiger partial charge in [0.1, 0.15) is 12.6 Å². The Labute approximate surface area is 109 Å². The minimum absolute atomic E-state index is 0.00613. The Morgan fingerprint density at radius 2 is 1.94 bits per heavy atom. The minimum atomic E-state index is -0.316. The van der Waals surface area contributed by atoms with Crippen LogP contribution in [0.4, 0.5) is 0 Å². The van der Waals surface area contributed by atoms with Crippen molar-refractivity contribution in [2.24, 2.45) is 5.92 Å². The summed E-state index contributed by atoms with van der Waals surface area (Å²) in [6.45, 7) is 6.53. The van der Waals surface area contributed by atoms with Gasteiger partial charge in [-0.25, -0.2) is 0 Å². The molecule has 4 nitrogen and oxygen atoms in total. The standard InChI is InChI=1S/C14H24N2O2/c1-10(2)8-11-13(18)16(9-12(17)15-11)14(3)6-4-5-7-14/h10-11H,4-9H2,1-3H3,(H,15,17). The summed E-state index contributed by atoms with van der Waals surface area (Å²) < 4.78 is 0. The van der Waals surface area contributed by atoms with E-state index in [1.54, 1.807) is 0 Å². The first-order valence-corrected chi connectivity index (χ1v) is 7.03. The van der Waals surface area contributed by atoms with Crippen LogP contribution in [-0.4, -0.2) is 34.8 Å². The van der Waals surface area contributed by atoms with E-state index in [9.17, 15) is 9.59 Å². The fourth-order valence-corrected chi connectivity index (χ4v) is 3.21. The molecule has 1 atom stereocenters. The zero-order chi connectivity index (χ0) is 13.3. The zero-order valence-corrected chi connectivity index (χ0v) is 11.7. The molecule has 0 aromatic heterocycles. The van der Waals surface area contributed by atoms with Crippen molar-refractivity contribution in [2.75, 3.05) is 6.54 Å². The van der Waals surface area contributed by atoms with Crippen LogP contribution >= 0.6 is 0 Å². The molecule has 4 heteroatoms. The summed E-state index contributed by atoms with van der Waals surface area (Å²) in [5.41, 5.74) is -0.0932. The largest absolute Gasteiger partial charge is 0.343 e. The molecule has 2 aliphatic rings. The lowest BCUT2D eigenvalue weighted by atomic mass is 9.93. The summed E-state index contributed by atoms with van der Waals surface area (Å²) in [6.07, 6.45) is 5.12. The van der Waals surface area contributed by atoms with Crippen LogP contribution in [0.2, 0.25) is 0 Å². The second kappa shape index (κ2) is 4.90. The average Bonchev–Trinajstić information content (AvgIpc) is 2.70. The molecule has 1 saturated heterocycles. The zero-order valence-electron chi connectivity index (χ0n) is 11.7. The monoisotopic (exact) mass is 252 g/mol. The van der Waals surface area contributed by atoms with Gasteiger partial charge in [0.15, 0.2) is 0 Å². The molecular formula is C14H24N2O2. The molecule has 1 heterocycles. The third kappa shape index (κ3) is 2.52. The van der Waals surface area contributed by atoms with Crippen LogP contribution < -0.4 is 5.32 Å². The highest BCUT2D eigenvalue weighted by atomic mass is 16.2. The molecular weight excluding hydrogens is 228 g/mol. The van der Waals surface area contributed by atoms with Crippen molar-refractivity contribution in [1.29, 1.82) is 0 Å². The van der Waals surface area contributed by atoms with Crippen LogP contribution in [0, 0.1) is 5.92 Å². The second-order valence-electron chi connectivity index (χ2n) is 6.38. The van der Waals surface area contributed by atoms with E-state index in [2.05, 4.69) is 26.1 Å². The third-order valence-electron chi connectivity index (χ3n) is 4.24. The summed E-state index contributed by atoms with van der Waals surface area (Å²) >= 11 is 0. The van der Waals surface area contributed by atoms with Gasteiger partial charge >= 0.3 is 0 Å². The fourth-order valence-electron chi connectivity index (χ4n) is 3.21.